The summed E-state index contributed by atoms with van der Waals surface area (Å²) in [6.45, 7) is 2.42. The maximum atomic E-state index is 13.7. The van der Waals surface area contributed by atoms with Crippen molar-refractivity contribution in [2.45, 2.75) is 115 Å². The van der Waals surface area contributed by atoms with Crippen molar-refractivity contribution < 1.29 is 34.4 Å². The zero-order valence-corrected chi connectivity index (χ0v) is 25.4. The van der Waals surface area contributed by atoms with Gasteiger partial charge in [-0.1, -0.05) is 58.3 Å². The quantitative estimate of drug-likeness (QED) is 0.192. The van der Waals surface area contributed by atoms with E-state index < -0.39 is 24.2 Å². The van der Waals surface area contributed by atoms with Crippen molar-refractivity contribution in [2.24, 2.45) is 5.92 Å². The van der Waals surface area contributed by atoms with E-state index >= 15 is 0 Å². The number of amides is 2. The number of aliphatic hydroxyl groups excluding tert-OH is 3. The third-order valence-corrected chi connectivity index (χ3v) is 8.82. The van der Waals surface area contributed by atoms with Gasteiger partial charge in [0.1, 0.15) is 12.2 Å². The van der Waals surface area contributed by atoms with Crippen LogP contribution in [0.1, 0.15) is 101 Å². The SMILES string of the molecule is CCCCCCCCCCCC(=O)N(CC1CC1)[C@@H]1C=C(C(=O)NCCO)[C@@H]2c3cc(CO)cc(OC)c3O[C@@H]2[C@H]1O. The Bertz CT molecular complexity index is 1090. The fourth-order valence-electron chi connectivity index (χ4n) is 6.32. The van der Waals surface area contributed by atoms with Crippen LogP contribution in [0.2, 0.25) is 0 Å². The predicted octanol–water partition coefficient (Wildman–Crippen LogP) is 3.97. The third-order valence-electron chi connectivity index (χ3n) is 8.82. The van der Waals surface area contributed by atoms with Crippen molar-refractivity contribution in [1.29, 1.82) is 0 Å². The lowest BCUT2D eigenvalue weighted by Gasteiger charge is -2.41. The largest absolute Gasteiger partial charge is 0.493 e. The van der Waals surface area contributed by atoms with Crippen LogP contribution < -0.4 is 14.8 Å². The van der Waals surface area contributed by atoms with Crippen LogP contribution in [0.15, 0.2) is 23.8 Å². The van der Waals surface area contributed by atoms with E-state index in [4.69, 9.17) is 9.47 Å². The van der Waals surface area contributed by atoms with Gasteiger partial charge >= 0.3 is 0 Å². The Kier molecular flexibility index (Phi) is 12.1. The number of carbonyl (C=O) groups excluding carboxylic acids is 2. The Morgan fingerprint density at radius 2 is 1.74 bits per heavy atom. The number of benzene rings is 1. The van der Waals surface area contributed by atoms with Crippen LogP contribution in [0.4, 0.5) is 0 Å². The van der Waals surface area contributed by atoms with Crippen molar-refractivity contribution in [3.8, 4) is 11.5 Å². The van der Waals surface area contributed by atoms with E-state index in [-0.39, 0.29) is 31.6 Å². The number of aliphatic hydroxyl groups is 3. The molecular weight excluding hydrogens is 536 g/mol. The summed E-state index contributed by atoms with van der Waals surface area (Å²) >= 11 is 0. The summed E-state index contributed by atoms with van der Waals surface area (Å²) in [5, 5.41) is 33.7. The molecule has 0 unspecified atom stereocenters. The number of fused-ring (bicyclic) bond motifs is 3. The summed E-state index contributed by atoms with van der Waals surface area (Å²) in [7, 11) is 1.51. The minimum absolute atomic E-state index is 0.00521. The molecule has 0 aromatic heterocycles. The maximum Gasteiger partial charge on any atom is 0.247 e. The van der Waals surface area contributed by atoms with E-state index in [0.717, 1.165) is 32.1 Å². The van der Waals surface area contributed by atoms with Crippen LogP contribution in [-0.4, -0.2) is 77.1 Å². The first-order chi connectivity index (χ1) is 20.4. The van der Waals surface area contributed by atoms with Gasteiger partial charge in [-0.25, -0.2) is 0 Å². The van der Waals surface area contributed by atoms with Gasteiger partial charge in [-0.15, -0.1) is 0 Å². The molecule has 1 aromatic rings. The molecule has 2 aliphatic carbocycles. The fraction of sp³-hybridized carbons (Fsp3) is 0.697. The molecule has 9 heteroatoms. The second-order valence-electron chi connectivity index (χ2n) is 12.1. The topological polar surface area (TPSA) is 129 Å². The van der Waals surface area contributed by atoms with Gasteiger partial charge in [0.05, 0.1) is 32.3 Å². The van der Waals surface area contributed by atoms with E-state index in [1.54, 1.807) is 23.1 Å². The van der Waals surface area contributed by atoms with Crippen LogP contribution >= 0.6 is 0 Å². The average molecular weight is 587 g/mol. The van der Waals surface area contributed by atoms with Gasteiger partial charge in [0.25, 0.3) is 0 Å². The van der Waals surface area contributed by atoms with Gasteiger partial charge in [-0.2, -0.15) is 0 Å². The number of carbonyl (C=O) groups is 2. The molecule has 0 spiro atoms. The Hall–Kier alpha value is -2.62. The summed E-state index contributed by atoms with van der Waals surface area (Å²) in [5.74, 6) is 0.255. The molecule has 0 bridgehead atoms. The van der Waals surface area contributed by atoms with Crippen molar-refractivity contribution >= 4 is 11.8 Å². The van der Waals surface area contributed by atoms with Crippen molar-refractivity contribution in [3.05, 3.63) is 34.9 Å². The van der Waals surface area contributed by atoms with Crippen molar-refractivity contribution in [2.75, 3.05) is 26.8 Å². The lowest BCUT2D eigenvalue weighted by atomic mass is 9.77. The zero-order valence-electron chi connectivity index (χ0n) is 25.4. The molecule has 1 heterocycles. The van der Waals surface area contributed by atoms with Crippen LogP contribution in [0.5, 0.6) is 11.5 Å². The minimum Gasteiger partial charge on any atom is -0.493 e. The van der Waals surface area contributed by atoms with Gasteiger partial charge in [0.2, 0.25) is 11.8 Å². The predicted molar refractivity (Wildman–Crippen MR) is 160 cm³/mol. The van der Waals surface area contributed by atoms with Gasteiger partial charge < -0.3 is 35.0 Å². The molecule has 234 valence electrons. The van der Waals surface area contributed by atoms with E-state index in [9.17, 15) is 24.9 Å². The lowest BCUT2D eigenvalue weighted by molar-refractivity contribution is -0.137. The second-order valence-corrected chi connectivity index (χ2v) is 12.1. The minimum atomic E-state index is -1.06. The van der Waals surface area contributed by atoms with E-state index in [2.05, 4.69) is 12.2 Å². The highest BCUT2D eigenvalue weighted by Crippen LogP contribution is 2.51. The van der Waals surface area contributed by atoms with Gasteiger partial charge in [-0.05, 0) is 49.0 Å². The lowest BCUT2D eigenvalue weighted by Crippen LogP contribution is -2.56. The highest BCUT2D eigenvalue weighted by molar-refractivity contribution is 5.96. The number of rotatable bonds is 18. The summed E-state index contributed by atoms with van der Waals surface area (Å²) in [6, 6.07) is 2.74. The van der Waals surface area contributed by atoms with Crippen LogP contribution in [-0.2, 0) is 16.2 Å². The second kappa shape index (κ2) is 15.7. The molecule has 0 radical (unpaired) electrons. The molecule has 9 nitrogen and oxygen atoms in total. The molecule has 42 heavy (non-hydrogen) atoms. The van der Waals surface area contributed by atoms with Gasteiger partial charge in [0, 0.05) is 30.6 Å². The fourth-order valence-corrected chi connectivity index (χ4v) is 6.32. The molecule has 4 N–H and O–H groups in total. The first kappa shape index (κ1) is 32.3. The average Bonchev–Trinajstić information content (AvgIpc) is 3.74. The Morgan fingerprint density at radius 3 is 2.36 bits per heavy atom. The number of nitrogens with zero attached hydrogens (tertiary/aromatic N) is 1. The Morgan fingerprint density at radius 1 is 1.05 bits per heavy atom. The Labute approximate surface area is 250 Å². The highest BCUT2D eigenvalue weighted by atomic mass is 16.5. The molecule has 0 saturated heterocycles. The molecule has 4 rings (SSSR count). The summed E-state index contributed by atoms with van der Waals surface area (Å²) in [4.78, 5) is 28.9. The van der Waals surface area contributed by atoms with Gasteiger partial charge in [0.15, 0.2) is 11.5 Å². The number of hydrogen-bond acceptors (Lipinski definition) is 7. The summed E-state index contributed by atoms with van der Waals surface area (Å²) in [5.41, 5.74) is 1.64. The van der Waals surface area contributed by atoms with Crippen LogP contribution in [0, 0.1) is 5.92 Å². The van der Waals surface area contributed by atoms with E-state index in [0.29, 0.717) is 47.1 Å². The molecule has 1 aliphatic heterocycles. The van der Waals surface area contributed by atoms with Crippen molar-refractivity contribution in [3.63, 3.8) is 0 Å². The monoisotopic (exact) mass is 586 g/mol. The molecule has 1 saturated carbocycles. The zero-order chi connectivity index (χ0) is 30.1. The van der Waals surface area contributed by atoms with E-state index in [1.807, 2.05) is 0 Å². The Balaban J connectivity index is 1.53. The standard InChI is InChI=1S/C33H50N2O7/c1-3-4-5-6-7-8-9-10-11-12-28(38)35(20-22-13-14-22)26-19-25(33(40)34-15-16-36)29-24-17-23(21-37)18-27(41-2)31(24)42-32(29)30(26)39/h17-19,22,26,29-30,32,36-37,39H,3-16,20-21H2,1-2H3,(H,34,40)/t26-,29+,30+,32+/m1/s1. The van der Waals surface area contributed by atoms with E-state index in [1.165, 1.54) is 45.6 Å². The molecule has 3 aliphatic rings. The molecule has 4 atom stereocenters. The number of ether oxygens (including phenoxy) is 2. The number of unbranched alkanes of at least 4 members (excludes halogenated alkanes) is 8. The first-order valence-corrected chi connectivity index (χ1v) is 16.0. The first-order valence-electron chi connectivity index (χ1n) is 16.0. The number of hydrogen-bond donors (Lipinski definition) is 4. The van der Waals surface area contributed by atoms with Crippen LogP contribution in [0.3, 0.4) is 0 Å². The normalized spacial score (nSPS) is 22.5. The molecule has 1 fully saturated rings. The highest BCUT2D eigenvalue weighted by Gasteiger charge is 2.51. The van der Waals surface area contributed by atoms with Crippen molar-refractivity contribution in [1.82, 2.24) is 10.2 Å². The smallest absolute Gasteiger partial charge is 0.247 e. The molecule has 1 aromatic carbocycles. The third kappa shape index (κ3) is 7.85. The number of methoxy groups -OCH3 is 1. The molecular formula is C33H50N2O7. The van der Waals surface area contributed by atoms with Gasteiger partial charge in [-0.3, -0.25) is 9.59 Å². The number of nitrogens with one attached hydrogen (secondary N) is 1. The maximum absolute atomic E-state index is 13.7. The summed E-state index contributed by atoms with van der Waals surface area (Å²) in [6.07, 6.45) is 12.9. The summed E-state index contributed by atoms with van der Waals surface area (Å²) < 4.78 is 11.8. The molecule has 2 amide bonds. The van der Waals surface area contributed by atoms with Crippen LogP contribution in [0.25, 0.3) is 0 Å².